The van der Waals surface area contributed by atoms with Gasteiger partial charge in [0.2, 0.25) is 0 Å². The van der Waals surface area contributed by atoms with E-state index in [0.29, 0.717) is 68.8 Å². The first-order chi connectivity index (χ1) is 21.1. The summed E-state index contributed by atoms with van der Waals surface area (Å²) >= 11 is 0. The Labute approximate surface area is 255 Å². The average Bonchev–Trinajstić information content (AvgIpc) is 3.72. The molecular formula is C33H40F3N5O3. The number of benzene rings is 2. The van der Waals surface area contributed by atoms with Gasteiger partial charge in [-0.2, -0.15) is 13.2 Å². The minimum absolute atomic E-state index is 0.0654. The molecule has 2 amide bonds. The third-order valence-corrected chi connectivity index (χ3v) is 8.75. The van der Waals surface area contributed by atoms with Crippen LogP contribution in [0.15, 0.2) is 60.7 Å². The van der Waals surface area contributed by atoms with Crippen molar-refractivity contribution in [3.8, 4) is 0 Å². The Hall–Kier alpha value is -3.67. The highest BCUT2D eigenvalue weighted by Gasteiger charge is 2.45. The lowest BCUT2D eigenvalue weighted by atomic mass is 9.98. The number of carbonyl (C=O) groups excluding carboxylic acids is 2. The van der Waals surface area contributed by atoms with Gasteiger partial charge in [0.05, 0.1) is 23.3 Å². The number of rotatable bonds is 12. The molecule has 0 saturated heterocycles. The Morgan fingerprint density at radius 3 is 2.45 bits per heavy atom. The molecule has 1 aromatic heterocycles. The van der Waals surface area contributed by atoms with Gasteiger partial charge >= 0.3 is 6.18 Å². The summed E-state index contributed by atoms with van der Waals surface area (Å²) < 4.78 is 42.0. The lowest BCUT2D eigenvalue weighted by molar-refractivity contribution is -0.137. The molecule has 11 heteroatoms. The van der Waals surface area contributed by atoms with Crippen LogP contribution < -0.4 is 16.0 Å². The number of aliphatic hydroxyl groups excluding tert-OH is 1. The molecule has 44 heavy (non-hydrogen) atoms. The second-order valence-corrected chi connectivity index (χ2v) is 11.6. The van der Waals surface area contributed by atoms with Gasteiger partial charge in [0.1, 0.15) is 5.69 Å². The molecular weight excluding hydrogens is 571 g/mol. The highest BCUT2D eigenvalue weighted by Crippen LogP contribution is 2.46. The summed E-state index contributed by atoms with van der Waals surface area (Å²) in [4.78, 5) is 28.8. The molecule has 3 aromatic rings. The normalized spacial score (nSPS) is 17.0. The molecule has 2 atom stereocenters. The van der Waals surface area contributed by atoms with Gasteiger partial charge in [-0.25, -0.2) is 0 Å². The van der Waals surface area contributed by atoms with E-state index in [9.17, 15) is 27.9 Å². The third-order valence-electron chi connectivity index (χ3n) is 8.75. The first-order valence-electron chi connectivity index (χ1n) is 15.2. The van der Waals surface area contributed by atoms with Crippen molar-refractivity contribution in [2.24, 2.45) is 0 Å². The SMILES string of the molecule is CCN(CC)C(=O)c1cc(C(=O)N[C@@H](Cc2ccccc2)[C@H](O)CNC2(c3cccc(C(F)(F)F)c3)CC2)n2c1CNCC2. The summed E-state index contributed by atoms with van der Waals surface area (Å²) in [6.45, 7) is 6.64. The molecule has 1 saturated carbocycles. The van der Waals surface area contributed by atoms with Gasteiger partial charge in [0, 0.05) is 50.5 Å². The van der Waals surface area contributed by atoms with Crippen LogP contribution in [0.1, 0.15) is 69.9 Å². The summed E-state index contributed by atoms with van der Waals surface area (Å²) in [5.41, 5.74) is 1.69. The topological polar surface area (TPSA) is 98.6 Å². The zero-order valence-corrected chi connectivity index (χ0v) is 25.1. The predicted octanol–water partition coefficient (Wildman–Crippen LogP) is 4.07. The van der Waals surface area contributed by atoms with Gasteiger partial charge in [-0.15, -0.1) is 0 Å². The smallest absolute Gasteiger partial charge is 0.390 e. The first-order valence-corrected chi connectivity index (χ1v) is 15.2. The van der Waals surface area contributed by atoms with E-state index in [1.54, 1.807) is 17.0 Å². The fourth-order valence-electron chi connectivity index (χ4n) is 6.01. The van der Waals surface area contributed by atoms with E-state index < -0.39 is 35.3 Å². The standard InChI is InChI=1S/C33H40F3N5O3/c1-3-40(4-2)31(44)25-19-27(41-16-15-37-20-28(25)41)30(43)39-26(17-22-9-6-5-7-10-22)29(42)21-38-32(13-14-32)23-11-8-12-24(18-23)33(34,35)36/h5-12,18-19,26,29,37-38,42H,3-4,13-17,20-21H2,1-2H3,(H,39,43)/t26-,29+/m0/s1. The van der Waals surface area contributed by atoms with Gasteiger partial charge in [-0.3, -0.25) is 9.59 Å². The second-order valence-electron chi connectivity index (χ2n) is 11.6. The van der Waals surface area contributed by atoms with E-state index in [2.05, 4.69) is 16.0 Å². The Bertz CT molecular complexity index is 1470. The molecule has 2 aromatic carbocycles. The lowest BCUT2D eigenvalue weighted by Gasteiger charge is -2.28. The monoisotopic (exact) mass is 611 g/mol. The predicted molar refractivity (Wildman–Crippen MR) is 161 cm³/mol. The number of aliphatic hydroxyl groups is 1. The van der Waals surface area contributed by atoms with Crippen LogP contribution >= 0.6 is 0 Å². The van der Waals surface area contributed by atoms with E-state index in [-0.39, 0.29) is 12.5 Å². The molecule has 0 bridgehead atoms. The highest BCUT2D eigenvalue weighted by atomic mass is 19.4. The summed E-state index contributed by atoms with van der Waals surface area (Å²) in [5, 5.41) is 21.0. The molecule has 8 nitrogen and oxygen atoms in total. The van der Waals surface area contributed by atoms with Crippen LogP contribution in [-0.4, -0.2) is 64.7 Å². The highest BCUT2D eigenvalue weighted by molar-refractivity contribution is 6.00. The maximum Gasteiger partial charge on any atom is 0.416 e. The van der Waals surface area contributed by atoms with Crippen LogP contribution in [0.25, 0.3) is 0 Å². The maximum absolute atomic E-state index is 13.8. The van der Waals surface area contributed by atoms with Gasteiger partial charge in [-0.05, 0) is 62.4 Å². The Kier molecular flexibility index (Phi) is 9.48. The van der Waals surface area contributed by atoms with Gasteiger partial charge in [-0.1, -0.05) is 42.5 Å². The number of alkyl halides is 3. The molecule has 0 unspecified atom stereocenters. The van der Waals surface area contributed by atoms with Crippen molar-refractivity contribution in [2.45, 2.75) is 70.1 Å². The number of hydrogen-bond donors (Lipinski definition) is 4. The van der Waals surface area contributed by atoms with Crippen LogP contribution in [0.2, 0.25) is 0 Å². The van der Waals surface area contributed by atoms with E-state index in [1.807, 2.05) is 48.7 Å². The van der Waals surface area contributed by atoms with Crippen molar-refractivity contribution >= 4 is 11.8 Å². The minimum Gasteiger partial charge on any atom is -0.390 e. The zero-order chi connectivity index (χ0) is 31.5. The molecule has 2 aliphatic rings. The molecule has 5 rings (SSSR count). The summed E-state index contributed by atoms with van der Waals surface area (Å²) in [6, 6.07) is 15.7. The van der Waals surface area contributed by atoms with Crippen molar-refractivity contribution in [3.63, 3.8) is 0 Å². The quantitative estimate of drug-likeness (QED) is 0.248. The number of nitrogens with one attached hydrogen (secondary N) is 3. The number of hydrogen-bond acceptors (Lipinski definition) is 5. The fraction of sp³-hybridized carbons (Fsp3) is 0.455. The van der Waals surface area contributed by atoms with Gasteiger partial charge in [0.25, 0.3) is 11.8 Å². The van der Waals surface area contributed by atoms with Crippen molar-refractivity contribution in [1.82, 2.24) is 25.4 Å². The molecule has 4 N–H and O–H groups in total. The maximum atomic E-state index is 13.8. The van der Waals surface area contributed by atoms with Crippen LogP contribution in [0, 0.1) is 0 Å². The molecule has 1 aliphatic carbocycles. The first kappa shape index (κ1) is 31.7. The number of halogens is 3. The number of nitrogens with zero attached hydrogens (tertiary/aromatic N) is 2. The minimum atomic E-state index is -4.44. The molecule has 236 valence electrons. The zero-order valence-electron chi connectivity index (χ0n) is 25.1. The van der Waals surface area contributed by atoms with E-state index in [1.165, 1.54) is 6.07 Å². The van der Waals surface area contributed by atoms with Crippen molar-refractivity contribution in [1.29, 1.82) is 0 Å². The second kappa shape index (κ2) is 13.1. The summed E-state index contributed by atoms with van der Waals surface area (Å²) in [6.07, 6.45) is -3.86. The third kappa shape index (κ3) is 6.85. The van der Waals surface area contributed by atoms with Crippen molar-refractivity contribution in [2.75, 3.05) is 26.2 Å². The largest absolute Gasteiger partial charge is 0.416 e. The number of aromatic nitrogens is 1. The molecule has 1 fully saturated rings. The average molecular weight is 612 g/mol. The lowest BCUT2D eigenvalue weighted by Crippen LogP contribution is -2.50. The summed E-state index contributed by atoms with van der Waals surface area (Å²) in [7, 11) is 0. The van der Waals surface area contributed by atoms with E-state index >= 15 is 0 Å². The Morgan fingerprint density at radius 1 is 1.07 bits per heavy atom. The van der Waals surface area contributed by atoms with Crippen molar-refractivity contribution in [3.05, 3.63) is 94.3 Å². The fourth-order valence-corrected chi connectivity index (χ4v) is 6.01. The molecule has 2 heterocycles. The number of amides is 2. The number of fused-ring (bicyclic) bond motifs is 1. The Morgan fingerprint density at radius 2 is 1.80 bits per heavy atom. The van der Waals surface area contributed by atoms with E-state index in [4.69, 9.17) is 0 Å². The Balaban J connectivity index is 1.36. The molecule has 0 radical (unpaired) electrons. The number of carbonyl (C=O) groups is 2. The van der Waals surface area contributed by atoms with Gasteiger partial charge in [0.15, 0.2) is 0 Å². The molecule has 0 spiro atoms. The van der Waals surface area contributed by atoms with E-state index in [0.717, 1.165) is 23.4 Å². The van der Waals surface area contributed by atoms with Crippen LogP contribution in [0.5, 0.6) is 0 Å². The van der Waals surface area contributed by atoms with Crippen LogP contribution in [0.3, 0.4) is 0 Å². The van der Waals surface area contributed by atoms with Crippen LogP contribution in [-0.2, 0) is 31.2 Å². The molecule has 1 aliphatic heterocycles. The van der Waals surface area contributed by atoms with Crippen molar-refractivity contribution < 1.29 is 27.9 Å². The van der Waals surface area contributed by atoms with Crippen LogP contribution in [0.4, 0.5) is 13.2 Å². The summed E-state index contributed by atoms with van der Waals surface area (Å²) in [5.74, 6) is -0.526. The van der Waals surface area contributed by atoms with Gasteiger partial charge < -0.3 is 30.5 Å².